The Bertz CT molecular complexity index is 726. The lowest BCUT2D eigenvalue weighted by Gasteiger charge is -2.13. The summed E-state index contributed by atoms with van der Waals surface area (Å²) in [5.74, 6) is -0.848. The average Bonchev–Trinajstić information content (AvgIpc) is 2.53. The molecular formula is C18H21F2N3. The molecule has 0 spiro atoms. The molecule has 0 fully saturated rings. The Morgan fingerprint density at radius 3 is 2.57 bits per heavy atom. The lowest BCUT2D eigenvalue weighted by Crippen LogP contribution is -2.14. The number of halogens is 2. The van der Waals surface area contributed by atoms with Crippen LogP contribution in [-0.2, 0) is 0 Å². The molecule has 0 aliphatic carbocycles. The average molecular weight is 317 g/mol. The number of hydrogen-bond acceptors (Lipinski definition) is 2. The first-order valence-corrected chi connectivity index (χ1v) is 7.49. The van der Waals surface area contributed by atoms with Crippen LogP contribution >= 0.6 is 0 Å². The van der Waals surface area contributed by atoms with E-state index in [-0.39, 0.29) is 17.2 Å². The summed E-state index contributed by atoms with van der Waals surface area (Å²) in [7, 11) is 1.89. The van der Waals surface area contributed by atoms with E-state index in [2.05, 4.69) is 10.3 Å². The minimum Gasteiger partial charge on any atom is -0.366 e. The van der Waals surface area contributed by atoms with Gasteiger partial charge in [-0.1, -0.05) is 12.1 Å². The molecule has 0 radical (unpaired) electrons. The summed E-state index contributed by atoms with van der Waals surface area (Å²) in [5, 5.41) is 2.81. The van der Waals surface area contributed by atoms with Crippen molar-refractivity contribution in [3.63, 3.8) is 0 Å². The maximum atomic E-state index is 14.3. The van der Waals surface area contributed by atoms with Crippen molar-refractivity contribution in [1.29, 1.82) is 0 Å². The molecule has 3 nitrogen and oxygen atoms in total. The minimum atomic E-state index is -0.470. The number of nitrogens with one attached hydrogen (secondary N) is 1. The van der Waals surface area contributed by atoms with Crippen LogP contribution in [0.25, 0.3) is 0 Å². The van der Waals surface area contributed by atoms with Gasteiger partial charge in [-0.05, 0) is 44.0 Å². The van der Waals surface area contributed by atoms with Gasteiger partial charge in [0.25, 0.3) is 0 Å². The molecule has 2 rings (SSSR count). The molecular weight excluding hydrogens is 296 g/mol. The number of benzene rings is 2. The highest BCUT2D eigenvalue weighted by atomic mass is 19.1. The normalized spacial score (nSPS) is 11.0. The fourth-order valence-electron chi connectivity index (χ4n) is 2.04. The topological polar surface area (TPSA) is 27.6 Å². The second kappa shape index (κ2) is 7.22. The van der Waals surface area contributed by atoms with Crippen LogP contribution in [-0.4, -0.2) is 24.8 Å². The summed E-state index contributed by atoms with van der Waals surface area (Å²) < 4.78 is 28.3. The predicted molar refractivity (Wildman–Crippen MR) is 92.0 cm³/mol. The predicted octanol–water partition coefficient (Wildman–Crippen LogP) is 4.94. The van der Waals surface area contributed by atoms with Gasteiger partial charge in [0.1, 0.15) is 11.6 Å². The Morgan fingerprint density at radius 1 is 1.13 bits per heavy atom. The number of rotatable bonds is 5. The highest BCUT2D eigenvalue weighted by molar-refractivity contribution is 5.68. The van der Waals surface area contributed by atoms with E-state index in [0.29, 0.717) is 11.3 Å². The zero-order valence-corrected chi connectivity index (χ0v) is 13.8. The van der Waals surface area contributed by atoms with Crippen molar-refractivity contribution >= 4 is 23.4 Å². The SMILES string of the molecule is CCN(C)/C=N/c1cc(F)c(Nc2cccc(C)c2F)cc1C. The Kier molecular flexibility index (Phi) is 5.32. The van der Waals surface area contributed by atoms with Crippen molar-refractivity contribution in [2.24, 2.45) is 4.99 Å². The van der Waals surface area contributed by atoms with E-state index < -0.39 is 5.82 Å². The van der Waals surface area contributed by atoms with Crippen LogP contribution in [0.2, 0.25) is 0 Å². The van der Waals surface area contributed by atoms with Crippen molar-refractivity contribution in [2.45, 2.75) is 20.8 Å². The van der Waals surface area contributed by atoms with Crippen molar-refractivity contribution in [3.8, 4) is 0 Å². The maximum Gasteiger partial charge on any atom is 0.149 e. The van der Waals surface area contributed by atoms with E-state index in [1.165, 1.54) is 6.07 Å². The second-order valence-corrected chi connectivity index (χ2v) is 5.50. The van der Waals surface area contributed by atoms with E-state index in [9.17, 15) is 8.78 Å². The van der Waals surface area contributed by atoms with E-state index in [1.54, 1.807) is 37.5 Å². The molecule has 0 saturated carbocycles. The first-order valence-electron chi connectivity index (χ1n) is 7.49. The van der Waals surface area contributed by atoms with Crippen molar-refractivity contribution in [3.05, 3.63) is 53.1 Å². The van der Waals surface area contributed by atoms with E-state index in [1.807, 2.05) is 25.8 Å². The van der Waals surface area contributed by atoms with Crippen LogP contribution in [0.5, 0.6) is 0 Å². The molecule has 0 saturated heterocycles. The molecule has 0 atom stereocenters. The Morgan fingerprint density at radius 2 is 1.87 bits per heavy atom. The zero-order chi connectivity index (χ0) is 17.0. The summed E-state index contributed by atoms with van der Waals surface area (Å²) in [6.45, 7) is 6.33. The molecule has 0 heterocycles. The second-order valence-electron chi connectivity index (χ2n) is 5.50. The van der Waals surface area contributed by atoms with Gasteiger partial charge in [0.15, 0.2) is 0 Å². The molecule has 122 valence electrons. The van der Waals surface area contributed by atoms with Gasteiger partial charge in [0.2, 0.25) is 0 Å². The number of hydrogen-bond donors (Lipinski definition) is 1. The van der Waals surface area contributed by atoms with Crippen LogP contribution in [0.15, 0.2) is 35.3 Å². The van der Waals surface area contributed by atoms with Gasteiger partial charge in [0, 0.05) is 19.7 Å². The zero-order valence-electron chi connectivity index (χ0n) is 13.8. The van der Waals surface area contributed by atoms with Crippen molar-refractivity contribution in [2.75, 3.05) is 18.9 Å². The number of aryl methyl sites for hydroxylation is 2. The lowest BCUT2D eigenvalue weighted by molar-refractivity contribution is 0.552. The molecule has 23 heavy (non-hydrogen) atoms. The Labute approximate surface area is 135 Å². The van der Waals surface area contributed by atoms with Crippen LogP contribution in [0, 0.1) is 25.5 Å². The monoisotopic (exact) mass is 317 g/mol. The third-order valence-electron chi connectivity index (χ3n) is 3.64. The van der Waals surface area contributed by atoms with Crippen LogP contribution in [0.1, 0.15) is 18.1 Å². The fraction of sp³-hybridized carbons (Fsp3) is 0.278. The van der Waals surface area contributed by atoms with Gasteiger partial charge in [-0.3, -0.25) is 0 Å². The van der Waals surface area contributed by atoms with Crippen molar-refractivity contribution in [1.82, 2.24) is 4.90 Å². The van der Waals surface area contributed by atoms with Gasteiger partial charge in [0.05, 0.1) is 23.4 Å². The fourth-order valence-corrected chi connectivity index (χ4v) is 2.04. The quantitative estimate of drug-likeness (QED) is 0.625. The van der Waals surface area contributed by atoms with Crippen LogP contribution in [0.4, 0.5) is 25.8 Å². The van der Waals surface area contributed by atoms with E-state index in [4.69, 9.17) is 0 Å². The van der Waals surface area contributed by atoms with E-state index >= 15 is 0 Å². The summed E-state index contributed by atoms with van der Waals surface area (Å²) in [5.41, 5.74) is 2.36. The molecule has 1 N–H and O–H groups in total. The summed E-state index contributed by atoms with van der Waals surface area (Å²) in [4.78, 5) is 6.17. The van der Waals surface area contributed by atoms with E-state index in [0.717, 1.165) is 12.1 Å². The molecule has 0 amide bonds. The Balaban J connectivity index is 2.30. The van der Waals surface area contributed by atoms with Gasteiger partial charge < -0.3 is 10.2 Å². The summed E-state index contributed by atoms with van der Waals surface area (Å²) in [6.07, 6.45) is 1.66. The smallest absolute Gasteiger partial charge is 0.149 e. The molecule has 0 bridgehead atoms. The number of nitrogens with zero attached hydrogens (tertiary/aromatic N) is 2. The molecule has 5 heteroatoms. The lowest BCUT2D eigenvalue weighted by atomic mass is 10.1. The minimum absolute atomic E-state index is 0.231. The van der Waals surface area contributed by atoms with Gasteiger partial charge >= 0.3 is 0 Å². The molecule has 2 aromatic rings. The number of aliphatic imine (C=N–C) groups is 1. The van der Waals surface area contributed by atoms with Gasteiger partial charge in [-0.2, -0.15) is 0 Å². The largest absolute Gasteiger partial charge is 0.366 e. The standard InChI is InChI=1S/C18H21F2N3/c1-5-23(4)11-21-16-10-14(19)17(9-13(16)3)22-15-8-6-7-12(2)18(15)20/h6-11,22H,5H2,1-4H3/b21-11+. The highest BCUT2D eigenvalue weighted by Gasteiger charge is 2.10. The molecule has 0 aromatic heterocycles. The first-order chi connectivity index (χ1) is 10.9. The molecule has 2 aromatic carbocycles. The highest BCUT2D eigenvalue weighted by Crippen LogP contribution is 2.29. The Hall–Kier alpha value is -2.43. The van der Waals surface area contributed by atoms with Crippen LogP contribution < -0.4 is 5.32 Å². The molecule has 0 aliphatic rings. The third kappa shape index (κ3) is 4.06. The summed E-state index contributed by atoms with van der Waals surface area (Å²) >= 11 is 0. The molecule has 0 aliphatic heterocycles. The summed E-state index contributed by atoms with van der Waals surface area (Å²) in [6, 6.07) is 7.97. The first kappa shape index (κ1) is 16.9. The number of anilines is 2. The van der Waals surface area contributed by atoms with Gasteiger partial charge in [-0.25, -0.2) is 13.8 Å². The van der Waals surface area contributed by atoms with Gasteiger partial charge in [-0.15, -0.1) is 0 Å². The van der Waals surface area contributed by atoms with Crippen LogP contribution in [0.3, 0.4) is 0 Å². The third-order valence-corrected chi connectivity index (χ3v) is 3.64. The molecule has 0 unspecified atom stereocenters. The maximum absolute atomic E-state index is 14.3. The van der Waals surface area contributed by atoms with Crippen molar-refractivity contribution < 1.29 is 8.78 Å².